The summed E-state index contributed by atoms with van der Waals surface area (Å²) in [5, 5.41) is 3.23. The number of piperidine rings is 2. The number of aromatic nitrogens is 4. The van der Waals surface area contributed by atoms with Gasteiger partial charge in [-0.1, -0.05) is 18.6 Å². The number of methoxy groups -OCH3 is 1. The minimum Gasteiger partial charge on any atom is -0.374 e. The first-order valence-corrected chi connectivity index (χ1v) is 19.1. The number of nitrogens with one attached hydrogen (secondary N) is 1. The second-order valence-electron chi connectivity index (χ2n) is 15.8. The van der Waals surface area contributed by atoms with Gasteiger partial charge >= 0.3 is 0 Å². The molecule has 5 aliphatic rings. The number of carbonyl (C=O) groups is 2. The summed E-state index contributed by atoms with van der Waals surface area (Å²) >= 11 is 0. The molecule has 2 amide bonds. The molecule has 4 aromatic rings. The maximum atomic E-state index is 14.9. The first kappa shape index (κ1) is 34.3. The molecule has 1 saturated carbocycles. The largest absolute Gasteiger partial charge is 0.374 e. The molecule has 0 radical (unpaired) electrons. The Labute approximate surface area is 308 Å². The van der Waals surface area contributed by atoms with E-state index >= 15 is 0 Å². The summed E-state index contributed by atoms with van der Waals surface area (Å²) in [7, 11) is 1.56. The van der Waals surface area contributed by atoms with Gasteiger partial charge in [-0.25, -0.2) is 14.4 Å². The summed E-state index contributed by atoms with van der Waals surface area (Å²) in [4.78, 5) is 48.8. The van der Waals surface area contributed by atoms with Crippen molar-refractivity contribution < 1.29 is 23.5 Å². The molecular weight excluding hydrogens is 675 g/mol. The number of benzene rings is 1. The van der Waals surface area contributed by atoms with Crippen LogP contribution in [0.3, 0.4) is 0 Å². The Kier molecular flexibility index (Phi) is 8.50. The van der Waals surface area contributed by atoms with Crippen LogP contribution in [0.15, 0.2) is 49.1 Å². The molecule has 1 spiro atoms. The molecule has 4 aliphatic heterocycles. The molecule has 3 aromatic heterocycles. The number of rotatable bonds is 8. The molecule has 1 aromatic carbocycles. The SMILES string of the molecule is COC1(C(=O)N2CCC3(CC2)C(=O)N([C@H]2C[C@@H](N4CCCCC4)C2)c2cc(-c4cc5ncn(C(C)C)c5c(Nc5ccncc5F)n4)ccc23)COC1. The van der Waals surface area contributed by atoms with Crippen molar-refractivity contribution in [3.05, 3.63) is 60.4 Å². The molecule has 13 heteroatoms. The standard InChI is InChI=1S/C40H47FN8O4/c1-25(2)48-24-43-33-20-32(45-36(35(33)48)44-31-9-12-42-21-30(31)41)26-7-8-29-34(17-26)49(28-18-27(19-28)46-13-5-4-6-14-46)37(50)39(29)10-15-47(16-11-39)38(51)40(52-3)22-53-23-40/h7-9,12,17,20-21,24-25,27-28H,4-6,10-11,13-16,18-19,22-23H2,1-3H3,(H,42,44,45)/t27-,28+. The smallest absolute Gasteiger partial charge is 0.259 e. The first-order chi connectivity index (χ1) is 25.7. The highest BCUT2D eigenvalue weighted by Gasteiger charge is 2.57. The van der Waals surface area contributed by atoms with Crippen molar-refractivity contribution in [2.24, 2.45) is 0 Å². The topological polar surface area (TPSA) is 118 Å². The molecular formula is C40H47FN8O4. The van der Waals surface area contributed by atoms with Crippen molar-refractivity contribution in [1.82, 2.24) is 29.3 Å². The van der Waals surface area contributed by atoms with Crippen molar-refractivity contribution in [3.8, 4) is 11.3 Å². The fourth-order valence-electron chi connectivity index (χ4n) is 9.23. The van der Waals surface area contributed by atoms with Crippen molar-refractivity contribution >= 4 is 40.0 Å². The van der Waals surface area contributed by atoms with Gasteiger partial charge in [-0.15, -0.1) is 0 Å². The van der Waals surface area contributed by atoms with Gasteiger partial charge in [0.25, 0.3) is 5.91 Å². The number of ether oxygens (including phenoxy) is 2. The number of anilines is 3. The summed E-state index contributed by atoms with van der Waals surface area (Å²) in [5.41, 5.74) is 3.63. The monoisotopic (exact) mass is 722 g/mol. The van der Waals surface area contributed by atoms with Gasteiger partial charge in [0.15, 0.2) is 17.2 Å². The zero-order valence-corrected chi connectivity index (χ0v) is 30.7. The molecule has 7 heterocycles. The van der Waals surface area contributed by atoms with Crippen LogP contribution in [0.5, 0.6) is 0 Å². The molecule has 278 valence electrons. The van der Waals surface area contributed by atoms with E-state index in [0.29, 0.717) is 43.5 Å². The first-order valence-electron chi connectivity index (χ1n) is 19.1. The molecule has 0 atom stereocenters. The summed E-state index contributed by atoms with van der Waals surface area (Å²) in [6.07, 6.45) is 11.3. The van der Waals surface area contributed by atoms with Gasteiger partial charge in [-0.05, 0) is 89.2 Å². The van der Waals surface area contributed by atoms with E-state index in [4.69, 9.17) is 19.4 Å². The average molecular weight is 723 g/mol. The van der Waals surface area contributed by atoms with Gasteiger partial charge in [0.1, 0.15) is 5.52 Å². The lowest BCUT2D eigenvalue weighted by molar-refractivity contribution is -0.211. The van der Waals surface area contributed by atoms with Crippen molar-refractivity contribution in [2.45, 2.75) is 87.9 Å². The Morgan fingerprint density at radius 3 is 2.49 bits per heavy atom. The second kappa shape index (κ2) is 13.1. The molecule has 3 saturated heterocycles. The lowest BCUT2D eigenvalue weighted by atomic mass is 9.73. The molecule has 12 nitrogen and oxygen atoms in total. The minimum atomic E-state index is -0.922. The van der Waals surface area contributed by atoms with Crippen LogP contribution in [0.25, 0.3) is 22.3 Å². The summed E-state index contributed by atoms with van der Waals surface area (Å²) < 4.78 is 27.9. The number of halogens is 1. The van der Waals surface area contributed by atoms with E-state index in [1.165, 1.54) is 25.5 Å². The molecule has 1 aliphatic carbocycles. The third kappa shape index (κ3) is 5.53. The summed E-state index contributed by atoms with van der Waals surface area (Å²) in [5.74, 6) is 0.0985. The molecule has 53 heavy (non-hydrogen) atoms. The van der Waals surface area contributed by atoms with Gasteiger partial charge in [-0.3, -0.25) is 14.6 Å². The van der Waals surface area contributed by atoms with E-state index in [0.717, 1.165) is 53.8 Å². The van der Waals surface area contributed by atoms with E-state index in [1.807, 2.05) is 21.6 Å². The van der Waals surface area contributed by atoms with E-state index in [2.05, 4.69) is 46.1 Å². The number of amides is 2. The number of imidazole rings is 1. The second-order valence-corrected chi connectivity index (χ2v) is 15.8. The summed E-state index contributed by atoms with van der Waals surface area (Å²) in [6.45, 7) is 7.88. The zero-order valence-electron chi connectivity index (χ0n) is 30.7. The highest BCUT2D eigenvalue weighted by Crippen LogP contribution is 2.52. The van der Waals surface area contributed by atoms with E-state index < -0.39 is 16.8 Å². The van der Waals surface area contributed by atoms with Gasteiger partial charge < -0.3 is 34.1 Å². The van der Waals surface area contributed by atoms with E-state index in [-0.39, 0.29) is 42.8 Å². The highest BCUT2D eigenvalue weighted by atomic mass is 19.1. The third-order valence-electron chi connectivity index (χ3n) is 12.5. The van der Waals surface area contributed by atoms with Crippen LogP contribution >= 0.6 is 0 Å². The molecule has 1 N–H and O–H groups in total. The van der Waals surface area contributed by atoms with Crippen LogP contribution in [-0.4, -0.2) is 105 Å². The van der Waals surface area contributed by atoms with Crippen LogP contribution < -0.4 is 10.2 Å². The van der Waals surface area contributed by atoms with Gasteiger partial charge in [0, 0.05) is 55.8 Å². The fourth-order valence-corrected chi connectivity index (χ4v) is 9.23. The van der Waals surface area contributed by atoms with Crippen molar-refractivity contribution in [3.63, 3.8) is 0 Å². The molecule has 9 rings (SSSR count). The number of hydrogen-bond acceptors (Lipinski definition) is 9. The van der Waals surface area contributed by atoms with Crippen LogP contribution in [-0.2, 0) is 24.5 Å². The number of carbonyl (C=O) groups excluding carboxylic acids is 2. The quantitative estimate of drug-likeness (QED) is 0.248. The third-order valence-corrected chi connectivity index (χ3v) is 12.5. The summed E-state index contributed by atoms with van der Waals surface area (Å²) in [6, 6.07) is 10.5. The van der Waals surface area contributed by atoms with Crippen molar-refractivity contribution in [2.75, 3.05) is 56.7 Å². The predicted molar refractivity (Wildman–Crippen MR) is 199 cm³/mol. The van der Waals surface area contributed by atoms with E-state index in [1.54, 1.807) is 25.7 Å². The Bertz CT molecular complexity index is 2060. The molecule has 0 bridgehead atoms. The fraction of sp³-hybridized carbons (Fsp3) is 0.525. The number of hydrogen-bond donors (Lipinski definition) is 1. The Balaban J connectivity index is 1.08. The number of likely N-dealkylation sites (tertiary alicyclic amines) is 2. The average Bonchev–Trinajstić information content (AvgIpc) is 3.67. The van der Waals surface area contributed by atoms with Crippen LogP contribution in [0.2, 0.25) is 0 Å². The van der Waals surface area contributed by atoms with Gasteiger partial charge in [0.05, 0.1) is 48.1 Å². The Morgan fingerprint density at radius 2 is 1.81 bits per heavy atom. The zero-order chi connectivity index (χ0) is 36.5. The van der Waals surface area contributed by atoms with Crippen LogP contribution in [0.4, 0.5) is 21.6 Å². The van der Waals surface area contributed by atoms with Crippen LogP contribution in [0.1, 0.15) is 70.4 Å². The lowest BCUT2D eigenvalue weighted by Gasteiger charge is -2.48. The predicted octanol–water partition coefficient (Wildman–Crippen LogP) is 5.60. The maximum absolute atomic E-state index is 14.9. The normalized spacial score (nSPS) is 23.7. The number of nitrogens with zero attached hydrogens (tertiary/aromatic N) is 7. The minimum absolute atomic E-state index is 0.0558. The van der Waals surface area contributed by atoms with Gasteiger partial charge in [-0.2, -0.15) is 0 Å². The maximum Gasteiger partial charge on any atom is 0.259 e. The molecule has 4 fully saturated rings. The Hall–Kier alpha value is -4.46. The number of fused-ring (bicyclic) bond motifs is 3. The lowest BCUT2D eigenvalue weighted by Crippen LogP contribution is -2.64. The molecule has 0 unspecified atom stereocenters. The highest BCUT2D eigenvalue weighted by molar-refractivity contribution is 6.09. The van der Waals surface area contributed by atoms with Crippen molar-refractivity contribution in [1.29, 1.82) is 0 Å². The van der Waals surface area contributed by atoms with Gasteiger partial charge in [0.2, 0.25) is 5.91 Å². The Morgan fingerprint density at radius 1 is 1.04 bits per heavy atom. The van der Waals surface area contributed by atoms with Crippen LogP contribution in [0, 0.1) is 5.82 Å². The van der Waals surface area contributed by atoms with E-state index in [9.17, 15) is 14.0 Å². The number of pyridine rings is 2.